The van der Waals surface area contributed by atoms with E-state index < -0.39 is 0 Å². The molecular formula is C24H48N2. The van der Waals surface area contributed by atoms with Gasteiger partial charge in [0.05, 0.1) is 0 Å². The molecule has 0 fully saturated rings. The molecule has 0 radical (unpaired) electrons. The van der Waals surface area contributed by atoms with Crippen LogP contribution in [-0.2, 0) is 0 Å². The molecule has 1 unspecified atom stereocenters. The summed E-state index contributed by atoms with van der Waals surface area (Å²) in [5, 5.41) is 0. The largest absolute Gasteiger partial charge is 0.359 e. The minimum Gasteiger partial charge on any atom is -0.359 e. The molecule has 1 rings (SSSR count). The molecule has 1 aliphatic rings. The third-order valence-electron chi connectivity index (χ3n) is 5.93. The average Bonchev–Trinajstić information content (AvgIpc) is 2.99. The molecule has 0 spiro atoms. The minimum absolute atomic E-state index is 0.625. The first-order valence-corrected chi connectivity index (χ1v) is 12.0. The summed E-state index contributed by atoms with van der Waals surface area (Å²) in [7, 11) is 2.24. The molecule has 0 bridgehead atoms. The quantitative estimate of drug-likeness (QED) is 0.230. The van der Waals surface area contributed by atoms with Gasteiger partial charge >= 0.3 is 0 Å². The Hall–Kier alpha value is -0.660. The highest BCUT2D eigenvalue weighted by molar-refractivity contribution is 4.95. The van der Waals surface area contributed by atoms with Crippen molar-refractivity contribution >= 4 is 0 Å². The normalized spacial score (nSPS) is 16.8. The molecule has 0 N–H and O–H groups in total. The van der Waals surface area contributed by atoms with Crippen LogP contribution in [0.25, 0.3) is 0 Å². The number of hydrogen-bond donors (Lipinski definition) is 0. The predicted molar refractivity (Wildman–Crippen MR) is 117 cm³/mol. The zero-order chi connectivity index (χ0) is 18.9. The summed E-state index contributed by atoms with van der Waals surface area (Å²) in [5.74, 6) is 0. The van der Waals surface area contributed by atoms with E-state index in [9.17, 15) is 0 Å². The van der Waals surface area contributed by atoms with Gasteiger partial charge in [-0.2, -0.15) is 0 Å². The van der Waals surface area contributed by atoms with Crippen LogP contribution < -0.4 is 0 Å². The van der Waals surface area contributed by atoms with E-state index in [1.54, 1.807) is 0 Å². The summed E-state index contributed by atoms with van der Waals surface area (Å²) in [4.78, 5) is 4.99. The molecule has 0 saturated carbocycles. The summed E-state index contributed by atoms with van der Waals surface area (Å²) >= 11 is 0. The summed E-state index contributed by atoms with van der Waals surface area (Å²) in [6.45, 7) is 5.84. The van der Waals surface area contributed by atoms with Crippen molar-refractivity contribution in [2.24, 2.45) is 0 Å². The van der Waals surface area contributed by atoms with Gasteiger partial charge in [0.2, 0.25) is 0 Å². The van der Waals surface area contributed by atoms with E-state index in [-0.39, 0.29) is 0 Å². The highest BCUT2D eigenvalue weighted by Gasteiger charge is 2.22. The van der Waals surface area contributed by atoms with E-state index >= 15 is 0 Å². The van der Waals surface area contributed by atoms with Gasteiger partial charge in [0, 0.05) is 26.0 Å². The summed E-state index contributed by atoms with van der Waals surface area (Å²) < 4.78 is 0. The van der Waals surface area contributed by atoms with Gasteiger partial charge in [0.15, 0.2) is 0 Å². The van der Waals surface area contributed by atoms with E-state index in [0.29, 0.717) is 6.17 Å². The molecule has 1 aliphatic heterocycles. The van der Waals surface area contributed by atoms with Gasteiger partial charge < -0.3 is 9.80 Å². The van der Waals surface area contributed by atoms with E-state index in [0.717, 1.165) is 0 Å². The van der Waals surface area contributed by atoms with Gasteiger partial charge in [-0.25, -0.2) is 0 Å². The summed E-state index contributed by atoms with van der Waals surface area (Å²) in [6, 6.07) is 0. The Bertz CT molecular complexity index is 326. The van der Waals surface area contributed by atoms with Crippen LogP contribution in [0.5, 0.6) is 0 Å². The first kappa shape index (κ1) is 23.4. The van der Waals surface area contributed by atoms with Gasteiger partial charge in [0.25, 0.3) is 0 Å². The fraction of sp³-hybridized carbons (Fsp3) is 0.917. The van der Waals surface area contributed by atoms with Crippen LogP contribution in [0.2, 0.25) is 0 Å². The molecule has 0 saturated heterocycles. The lowest BCUT2D eigenvalue weighted by Gasteiger charge is -2.30. The van der Waals surface area contributed by atoms with E-state index in [4.69, 9.17) is 0 Å². The molecule has 0 aromatic rings. The molecule has 0 aromatic carbocycles. The second-order valence-electron chi connectivity index (χ2n) is 8.42. The first-order chi connectivity index (χ1) is 12.8. The monoisotopic (exact) mass is 364 g/mol. The van der Waals surface area contributed by atoms with Crippen molar-refractivity contribution in [1.82, 2.24) is 9.80 Å². The van der Waals surface area contributed by atoms with Crippen LogP contribution >= 0.6 is 0 Å². The molecule has 154 valence electrons. The van der Waals surface area contributed by atoms with Crippen LogP contribution in [-0.4, -0.2) is 29.6 Å². The zero-order valence-electron chi connectivity index (χ0n) is 18.4. The lowest BCUT2D eigenvalue weighted by molar-refractivity contribution is 0.159. The average molecular weight is 365 g/mol. The van der Waals surface area contributed by atoms with Crippen molar-refractivity contribution in [2.75, 3.05) is 13.6 Å². The van der Waals surface area contributed by atoms with Crippen LogP contribution in [0, 0.1) is 0 Å². The van der Waals surface area contributed by atoms with E-state index in [2.05, 4.69) is 43.1 Å². The van der Waals surface area contributed by atoms with Crippen molar-refractivity contribution in [3.63, 3.8) is 0 Å². The molecule has 2 nitrogen and oxygen atoms in total. The Labute approximate surface area is 165 Å². The highest BCUT2D eigenvalue weighted by Crippen LogP contribution is 2.21. The lowest BCUT2D eigenvalue weighted by atomic mass is 10.1. The number of nitrogens with zero attached hydrogens (tertiary/aromatic N) is 2. The fourth-order valence-electron chi connectivity index (χ4n) is 4.11. The Kier molecular flexibility index (Phi) is 14.8. The van der Waals surface area contributed by atoms with Gasteiger partial charge in [-0.3, -0.25) is 0 Å². The zero-order valence-corrected chi connectivity index (χ0v) is 18.4. The second kappa shape index (κ2) is 16.5. The Morgan fingerprint density at radius 2 is 1.04 bits per heavy atom. The minimum atomic E-state index is 0.625. The van der Waals surface area contributed by atoms with Crippen molar-refractivity contribution < 1.29 is 0 Å². The van der Waals surface area contributed by atoms with Crippen molar-refractivity contribution in [3.05, 3.63) is 12.4 Å². The van der Waals surface area contributed by atoms with Crippen molar-refractivity contribution in [3.8, 4) is 0 Å². The predicted octanol–water partition coefficient (Wildman–Crippen LogP) is 7.70. The Morgan fingerprint density at radius 3 is 1.58 bits per heavy atom. The second-order valence-corrected chi connectivity index (χ2v) is 8.42. The van der Waals surface area contributed by atoms with E-state index in [1.165, 1.54) is 116 Å². The van der Waals surface area contributed by atoms with Crippen LogP contribution in [0.15, 0.2) is 12.4 Å². The molecule has 1 atom stereocenters. The SMILES string of the molecule is CCCCCCCCCCCCCCN1C=CN(C)C1CCCCCC. The molecule has 26 heavy (non-hydrogen) atoms. The molecule has 0 aromatic heterocycles. The number of unbranched alkanes of at least 4 members (excludes halogenated alkanes) is 14. The summed E-state index contributed by atoms with van der Waals surface area (Å²) in [5.41, 5.74) is 0. The maximum atomic E-state index is 2.59. The fourth-order valence-corrected chi connectivity index (χ4v) is 4.11. The van der Waals surface area contributed by atoms with Crippen LogP contribution in [0.3, 0.4) is 0 Å². The van der Waals surface area contributed by atoms with Crippen molar-refractivity contribution in [1.29, 1.82) is 0 Å². The topological polar surface area (TPSA) is 6.48 Å². The lowest BCUT2D eigenvalue weighted by Crippen LogP contribution is -2.37. The standard InChI is InChI=1S/C24H48N2/c1-4-6-8-10-11-12-13-14-15-16-17-19-21-26-23-22-25(3)24(26)20-18-9-7-5-2/h22-24H,4-21H2,1-3H3. The molecule has 2 heteroatoms. The third-order valence-corrected chi connectivity index (χ3v) is 5.93. The molecular weight excluding hydrogens is 316 g/mol. The van der Waals surface area contributed by atoms with Crippen molar-refractivity contribution in [2.45, 2.75) is 129 Å². The van der Waals surface area contributed by atoms with E-state index in [1.807, 2.05) is 0 Å². The Morgan fingerprint density at radius 1 is 0.577 bits per heavy atom. The smallest absolute Gasteiger partial charge is 0.100 e. The van der Waals surface area contributed by atoms with Gasteiger partial charge in [-0.15, -0.1) is 0 Å². The molecule has 1 heterocycles. The molecule has 0 amide bonds. The first-order valence-electron chi connectivity index (χ1n) is 12.0. The number of rotatable bonds is 18. The maximum absolute atomic E-state index is 2.59. The summed E-state index contributed by atoms with van der Waals surface area (Å²) in [6.07, 6.45) is 29.3. The number of hydrogen-bond acceptors (Lipinski definition) is 2. The maximum Gasteiger partial charge on any atom is 0.100 e. The third kappa shape index (κ3) is 11.1. The highest BCUT2D eigenvalue weighted by atomic mass is 15.4. The van der Waals surface area contributed by atoms with Gasteiger partial charge in [-0.1, -0.05) is 104 Å². The Balaban J connectivity index is 1.94. The molecule has 0 aliphatic carbocycles. The van der Waals surface area contributed by atoms with Gasteiger partial charge in [-0.05, 0) is 19.3 Å². The van der Waals surface area contributed by atoms with Crippen LogP contribution in [0.4, 0.5) is 0 Å². The van der Waals surface area contributed by atoms with Gasteiger partial charge in [0.1, 0.15) is 6.17 Å². The van der Waals surface area contributed by atoms with Crippen LogP contribution in [0.1, 0.15) is 123 Å².